The Hall–Kier alpha value is -0.860. The van der Waals surface area contributed by atoms with Crippen molar-refractivity contribution in [1.29, 1.82) is 0 Å². The van der Waals surface area contributed by atoms with Crippen molar-refractivity contribution in [3.63, 3.8) is 0 Å². The fourth-order valence-electron chi connectivity index (χ4n) is 2.21. The van der Waals surface area contributed by atoms with Gasteiger partial charge >= 0.3 is 0 Å². The van der Waals surface area contributed by atoms with E-state index in [4.69, 9.17) is 5.73 Å². The zero-order chi connectivity index (χ0) is 12.5. The number of hydrogen-bond acceptors (Lipinski definition) is 2. The van der Waals surface area contributed by atoms with Gasteiger partial charge in [0.05, 0.1) is 0 Å². The molecule has 1 rings (SSSR count). The van der Waals surface area contributed by atoms with Crippen molar-refractivity contribution in [2.24, 2.45) is 5.73 Å². The highest BCUT2D eigenvalue weighted by Gasteiger charge is 2.14. The van der Waals surface area contributed by atoms with Crippen LogP contribution in [0.5, 0.6) is 0 Å². The van der Waals surface area contributed by atoms with E-state index in [2.05, 4.69) is 49.1 Å². The van der Waals surface area contributed by atoms with E-state index in [0.717, 1.165) is 19.6 Å². The van der Waals surface area contributed by atoms with Crippen LogP contribution in [0.2, 0.25) is 0 Å². The minimum Gasteiger partial charge on any atom is -0.329 e. The van der Waals surface area contributed by atoms with Gasteiger partial charge in [0.1, 0.15) is 0 Å². The molecule has 2 heteroatoms. The summed E-state index contributed by atoms with van der Waals surface area (Å²) in [5.41, 5.74) is 7.28. The van der Waals surface area contributed by atoms with Gasteiger partial charge in [0.15, 0.2) is 0 Å². The van der Waals surface area contributed by atoms with Gasteiger partial charge in [-0.25, -0.2) is 0 Å². The zero-order valence-electron chi connectivity index (χ0n) is 11.2. The van der Waals surface area contributed by atoms with Crippen LogP contribution in [-0.2, 0) is 6.54 Å². The van der Waals surface area contributed by atoms with Crippen molar-refractivity contribution in [1.82, 2.24) is 4.90 Å². The predicted octanol–water partition coefficient (Wildman–Crippen LogP) is 3.03. The van der Waals surface area contributed by atoms with E-state index >= 15 is 0 Å². The Morgan fingerprint density at radius 3 is 2.41 bits per heavy atom. The standard InChI is InChI=1S/C15H26N2/c1-3-5-11-15(12-16)17(4-2)13-14-9-7-6-8-10-14/h6-10,15H,3-5,11-13,16H2,1-2H3. The minimum atomic E-state index is 0.528. The molecule has 1 aromatic rings. The largest absolute Gasteiger partial charge is 0.329 e. The van der Waals surface area contributed by atoms with Crippen LogP contribution in [0.3, 0.4) is 0 Å². The molecular formula is C15H26N2. The maximum absolute atomic E-state index is 5.90. The first kappa shape index (κ1) is 14.2. The fourth-order valence-corrected chi connectivity index (χ4v) is 2.21. The van der Waals surface area contributed by atoms with Gasteiger partial charge in [-0.15, -0.1) is 0 Å². The molecule has 1 atom stereocenters. The summed E-state index contributed by atoms with van der Waals surface area (Å²) in [5.74, 6) is 0. The highest BCUT2D eigenvalue weighted by atomic mass is 15.2. The lowest BCUT2D eigenvalue weighted by Crippen LogP contribution is -2.40. The molecule has 0 fully saturated rings. The molecular weight excluding hydrogens is 208 g/mol. The second kappa shape index (κ2) is 8.26. The first-order valence-electron chi connectivity index (χ1n) is 6.79. The Labute approximate surface area is 106 Å². The third-order valence-electron chi connectivity index (χ3n) is 3.31. The smallest absolute Gasteiger partial charge is 0.0237 e. The number of rotatable bonds is 8. The van der Waals surface area contributed by atoms with E-state index in [1.54, 1.807) is 0 Å². The Kier molecular flexibility index (Phi) is 6.90. The van der Waals surface area contributed by atoms with Gasteiger partial charge in [0.2, 0.25) is 0 Å². The van der Waals surface area contributed by atoms with E-state index < -0.39 is 0 Å². The third-order valence-corrected chi connectivity index (χ3v) is 3.31. The Morgan fingerprint density at radius 2 is 1.88 bits per heavy atom. The lowest BCUT2D eigenvalue weighted by molar-refractivity contribution is 0.189. The van der Waals surface area contributed by atoms with Crippen LogP contribution in [0.15, 0.2) is 30.3 Å². The third kappa shape index (κ3) is 4.88. The molecule has 1 unspecified atom stereocenters. The number of hydrogen-bond donors (Lipinski definition) is 1. The highest BCUT2D eigenvalue weighted by Crippen LogP contribution is 2.12. The molecule has 0 aliphatic rings. The second-order valence-electron chi connectivity index (χ2n) is 4.58. The molecule has 0 aromatic heterocycles. The number of unbranched alkanes of at least 4 members (excludes halogenated alkanes) is 1. The molecule has 0 aliphatic heterocycles. The van der Waals surface area contributed by atoms with Crippen LogP contribution >= 0.6 is 0 Å². The molecule has 0 heterocycles. The van der Waals surface area contributed by atoms with Crippen LogP contribution in [0.25, 0.3) is 0 Å². The van der Waals surface area contributed by atoms with Crippen molar-refractivity contribution < 1.29 is 0 Å². The van der Waals surface area contributed by atoms with E-state index in [9.17, 15) is 0 Å². The molecule has 1 aromatic carbocycles. The second-order valence-corrected chi connectivity index (χ2v) is 4.58. The van der Waals surface area contributed by atoms with Crippen LogP contribution in [0.4, 0.5) is 0 Å². The van der Waals surface area contributed by atoms with Gasteiger partial charge in [-0.1, -0.05) is 57.0 Å². The van der Waals surface area contributed by atoms with Gasteiger partial charge in [-0.2, -0.15) is 0 Å². The van der Waals surface area contributed by atoms with E-state index in [0.29, 0.717) is 6.04 Å². The molecule has 96 valence electrons. The average Bonchev–Trinajstić information content (AvgIpc) is 2.39. The number of likely N-dealkylation sites (N-methyl/N-ethyl adjacent to an activating group) is 1. The summed E-state index contributed by atoms with van der Waals surface area (Å²) in [7, 11) is 0. The highest BCUT2D eigenvalue weighted by molar-refractivity contribution is 5.14. The van der Waals surface area contributed by atoms with Gasteiger partial charge in [-0.3, -0.25) is 4.90 Å². The summed E-state index contributed by atoms with van der Waals surface area (Å²) < 4.78 is 0. The number of benzene rings is 1. The van der Waals surface area contributed by atoms with Crippen LogP contribution in [-0.4, -0.2) is 24.0 Å². The van der Waals surface area contributed by atoms with E-state index in [-0.39, 0.29) is 0 Å². The van der Waals surface area contributed by atoms with Crippen molar-refractivity contribution in [2.45, 2.75) is 45.7 Å². The first-order chi connectivity index (χ1) is 8.31. The van der Waals surface area contributed by atoms with Crippen LogP contribution < -0.4 is 5.73 Å². The Morgan fingerprint density at radius 1 is 1.18 bits per heavy atom. The first-order valence-corrected chi connectivity index (χ1v) is 6.79. The Bertz CT molecular complexity index is 284. The number of nitrogens with two attached hydrogens (primary N) is 1. The van der Waals surface area contributed by atoms with Crippen molar-refractivity contribution >= 4 is 0 Å². The maximum Gasteiger partial charge on any atom is 0.0237 e. The molecule has 0 amide bonds. The molecule has 0 saturated carbocycles. The van der Waals surface area contributed by atoms with Crippen molar-refractivity contribution in [2.75, 3.05) is 13.1 Å². The zero-order valence-corrected chi connectivity index (χ0v) is 11.2. The van der Waals surface area contributed by atoms with Crippen LogP contribution in [0.1, 0.15) is 38.7 Å². The summed E-state index contributed by atoms with van der Waals surface area (Å²) in [5, 5.41) is 0. The summed E-state index contributed by atoms with van der Waals surface area (Å²) in [6.45, 7) is 7.31. The maximum atomic E-state index is 5.90. The monoisotopic (exact) mass is 234 g/mol. The lowest BCUT2D eigenvalue weighted by Gasteiger charge is -2.30. The lowest BCUT2D eigenvalue weighted by atomic mass is 10.1. The molecule has 2 N–H and O–H groups in total. The van der Waals surface area contributed by atoms with Gasteiger partial charge in [0, 0.05) is 19.1 Å². The molecule has 2 nitrogen and oxygen atoms in total. The van der Waals surface area contributed by atoms with Gasteiger partial charge in [0.25, 0.3) is 0 Å². The van der Waals surface area contributed by atoms with E-state index in [1.807, 2.05) is 0 Å². The molecule has 0 aliphatic carbocycles. The van der Waals surface area contributed by atoms with Crippen molar-refractivity contribution in [3.05, 3.63) is 35.9 Å². The molecule has 17 heavy (non-hydrogen) atoms. The quantitative estimate of drug-likeness (QED) is 0.749. The number of nitrogens with zero attached hydrogens (tertiary/aromatic N) is 1. The predicted molar refractivity (Wildman–Crippen MR) is 74.9 cm³/mol. The Balaban J connectivity index is 2.56. The summed E-state index contributed by atoms with van der Waals surface area (Å²) in [6.07, 6.45) is 3.74. The molecule has 0 bridgehead atoms. The summed E-state index contributed by atoms with van der Waals surface area (Å²) >= 11 is 0. The topological polar surface area (TPSA) is 29.3 Å². The van der Waals surface area contributed by atoms with Crippen LogP contribution in [0, 0.1) is 0 Å². The summed E-state index contributed by atoms with van der Waals surface area (Å²) in [4.78, 5) is 2.49. The molecule has 0 spiro atoms. The van der Waals surface area contributed by atoms with Crippen molar-refractivity contribution in [3.8, 4) is 0 Å². The van der Waals surface area contributed by atoms with Gasteiger partial charge in [-0.05, 0) is 18.5 Å². The van der Waals surface area contributed by atoms with Gasteiger partial charge < -0.3 is 5.73 Å². The summed E-state index contributed by atoms with van der Waals surface area (Å²) in [6, 6.07) is 11.2. The fraction of sp³-hybridized carbons (Fsp3) is 0.600. The normalized spacial score (nSPS) is 12.9. The average molecular weight is 234 g/mol. The van der Waals surface area contributed by atoms with E-state index in [1.165, 1.54) is 24.8 Å². The molecule has 0 saturated heterocycles. The molecule has 0 radical (unpaired) electrons. The SMILES string of the molecule is CCCCC(CN)N(CC)Cc1ccccc1. The minimum absolute atomic E-state index is 0.528.